The van der Waals surface area contributed by atoms with E-state index >= 15 is 0 Å². The third-order valence-electron chi connectivity index (χ3n) is 2.44. The van der Waals surface area contributed by atoms with E-state index in [2.05, 4.69) is 0 Å². The fourth-order valence-electron chi connectivity index (χ4n) is 1.33. The number of rotatable bonds is 5. The highest BCUT2D eigenvalue weighted by atomic mass is 35.5. The van der Waals surface area contributed by atoms with Crippen molar-refractivity contribution in [3.8, 4) is 0 Å². The van der Waals surface area contributed by atoms with E-state index in [1.54, 1.807) is 6.92 Å². The van der Waals surface area contributed by atoms with E-state index in [0.29, 0.717) is 11.4 Å². The number of hydrogen-bond acceptors (Lipinski definition) is 3. The van der Waals surface area contributed by atoms with E-state index in [1.807, 2.05) is 0 Å². The zero-order chi connectivity index (χ0) is 13.9. The Bertz CT molecular complexity index is 517. The molecule has 4 nitrogen and oxygen atoms in total. The molecule has 0 aliphatic heterocycles. The highest BCUT2D eigenvalue weighted by Gasteiger charge is 2.23. The van der Waals surface area contributed by atoms with Crippen molar-refractivity contribution in [1.29, 1.82) is 0 Å². The van der Waals surface area contributed by atoms with Crippen LogP contribution in [0.15, 0.2) is 23.1 Å². The van der Waals surface area contributed by atoms with E-state index in [1.165, 1.54) is 25.2 Å². The molecule has 0 saturated carbocycles. The summed E-state index contributed by atoms with van der Waals surface area (Å²) >= 11 is 11.6. The predicted octanol–water partition coefficient (Wildman–Crippen LogP) is 2.38. The summed E-state index contributed by atoms with van der Waals surface area (Å²) in [7, 11) is -2.24. The average Bonchev–Trinajstić information content (AvgIpc) is 2.28. The van der Waals surface area contributed by atoms with Crippen molar-refractivity contribution in [3.05, 3.63) is 28.2 Å². The molecule has 0 spiro atoms. The zero-order valence-electron chi connectivity index (χ0n) is 10.1. The molecule has 0 heterocycles. The van der Waals surface area contributed by atoms with E-state index < -0.39 is 16.1 Å². The van der Waals surface area contributed by atoms with Gasteiger partial charge in [-0.3, -0.25) is 0 Å². The lowest BCUT2D eigenvalue weighted by atomic mass is 10.3. The zero-order valence-corrected chi connectivity index (χ0v) is 12.4. The molecule has 0 aliphatic carbocycles. The molecule has 1 rings (SSSR count). The van der Waals surface area contributed by atoms with Crippen LogP contribution in [-0.4, -0.2) is 37.5 Å². The van der Waals surface area contributed by atoms with Crippen LogP contribution in [0.25, 0.3) is 0 Å². The largest absolute Gasteiger partial charge is 0.393 e. The Kier molecular flexibility index (Phi) is 5.43. The Morgan fingerprint density at radius 1 is 1.39 bits per heavy atom. The number of hydrogen-bond donors (Lipinski definition) is 1. The number of nitrogens with zero attached hydrogens (tertiary/aromatic N) is 1. The van der Waals surface area contributed by atoms with Crippen molar-refractivity contribution < 1.29 is 13.5 Å². The quantitative estimate of drug-likeness (QED) is 0.908. The number of halogens is 2. The summed E-state index contributed by atoms with van der Waals surface area (Å²) in [6.07, 6.45) is -0.203. The maximum atomic E-state index is 12.2. The minimum Gasteiger partial charge on any atom is -0.393 e. The molecule has 7 heteroatoms. The van der Waals surface area contributed by atoms with Crippen molar-refractivity contribution in [1.82, 2.24) is 4.31 Å². The lowest BCUT2D eigenvalue weighted by molar-refractivity contribution is 0.177. The van der Waals surface area contributed by atoms with Crippen LogP contribution >= 0.6 is 23.2 Å². The van der Waals surface area contributed by atoms with Crippen LogP contribution in [-0.2, 0) is 10.0 Å². The van der Waals surface area contributed by atoms with Gasteiger partial charge in [0.1, 0.15) is 4.90 Å². The normalized spacial score (nSPS) is 13.9. The summed E-state index contributed by atoms with van der Waals surface area (Å²) in [4.78, 5) is -0.0234. The third-order valence-corrected chi connectivity index (χ3v) is 5.02. The first-order valence-corrected chi connectivity index (χ1v) is 7.54. The molecule has 1 N–H and O–H groups in total. The van der Waals surface area contributed by atoms with E-state index in [9.17, 15) is 8.42 Å². The maximum Gasteiger partial charge on any atom is 0.244 e. The second-order valence-corrected chi connectivity index (χ2v) is 6.90. The predicted molar refractivity (Wildman–Crippen MR) is 72.6 cm³/mol. The molecule has 0 bridgehead atoms. The van der Waals surface area contributed by atoms with E-state index in [0.717, 1.165) is 4.31 Å². The molecule has 102 valence electrons. The second-order valence-electron chi connectivity index (χ2n) is 4.04. The van der Waals surface area contributed by atoms with Gasteiger partial charge in [0, 0.05) is 18.6 Å². The summed E-state index contributed by atoms with van der Waals surface area (Å²) in [6.45, 7) is 1.82. The van der Waals surface area contributed by atoms with Crippen LogP contribution in [0.3, 0.4) is 0 Å². The molecular weight excluding hydrogens is 297 g/mol. The molecule has 0 radical (unpaired) electrons. The summed E-state index contributed by atoms with van der Waals surface area (Å²) in [5.41, 5.74) is 0. The lowest BCUT2D eigenvalue weighted by Gasteiger charge is -2.18. The van der Waals surface area contributed by atoms with Gasteiger partial charge in [0.15, 0.2) is 0 Å². The number of aliphatic hydroxyl groups is 1. The van der Waals surface area contributed by atoms with Gasteiger partial charge in [-0.1, -0.05) is 23.2 Å². The molecule has 18 heavy (non-hydrogen) atoms. The Morgan fingerprint density at radius 2 is 2.00 bits per heavy atom. The standard InChI is InChI=1S/C11H15Cl2NO3S/c1-8(15)5-6-14(2)18(16,17)11-7-9(12)3-4-10(11)13/h3-4,7-8,15H,5-6H2,1-2H3. The van der Waals surface area contributed by atoms with Crippen LogP contribution in [0.2, 0.25) is 10.0 Å². The molecule has 1 unspecified atom stereocenters. The average molecular weight is 312 g/mol. The minimum absolute atomic E-state index is 0.0234. The van der Waals surface area contributed by atoms with Crippen LogP contribution in [0, 0.1) is 0 Å². The summed E-state index contributed by atoms with van der Waals surface area (Å²) in [6, 6.07) is 4.29. The molecule has 0 amide bonds. The molecular formula is C11H15Cl2NO3S. The van der Waals surface area contributed by atoms with Gasteiger partial charge in [0.25, 0.3) is 0 Å². The molecule has 1 atom stereocenters. The van der Waals surface area contributed by atoms with Gasteiger partial charge in [0.2, 0.25) is 10.0 Å². The topological polar surface area (TPSA) is 57.6 Å². The van der Waals surface area contributed by atoms with Crippen molar-refractivity contribution in [3.63, 3.8) is 0 Å². The molecule has 0 aromatic heterocycles. The summed E-state index contributed by atoms with van der Waals surface area (Å²) in [5, 5.41) is 9.60. The smallest absolute Gasteiger partial charge is 0.244 e. The van der Waals surface area contributed by atoms with Gasteiger partial charge in [0.05, 0.1) is 11.1 Å². The van der Waals surface area contributed by atoms with Gasteiger partial charge in [-0.2, -0.15) is 0 Å². The molecule has 0 fully saturated rings. The number of aliphatic hydroxyl groups excluding tert-OH is 1. The maximum absolute atomic E-state index is 12.2. The first-order valence-electron chi connectivity index (χ1n) is 5.34. The van der Waals surface area contributed by atoms with E-state index in [-0.39, 0.29) is 16.5 Å². The van der Waals surface area contributed by atoms with Gasteiger partial charge in [-0.15, -0.1) is 0 Å². The van der Waals surface area contributed by atoms with Gasteiger partial charge >= 0.3 is 0 Å². The Hall–Kier alpha value is -0.330. The fourth-order valence-corrected chi connectivity index (χ4v) is 3.25. The van der Waals surface area contributed by atoms with Crippen LogP contribution in [0.4, 0.5) is 0 Å². The Morgan fingerprint density at radius 3 is 2.56 bits per heavy atom. The molecule has 1 aromatic rings. The monoisotopic (exact) mass is 311 g/mol. The summed E-state index contributed by atoms with van der Waals surface area (Å²) in [5.74, 6) is 0. The van der Waals surface area contributed by atoms with E-state index in [4.69, 9.17) is 28.3 Å². The van der Waals surface area contributed by atoms with Crippen LogP contribution in [0.5, 0.6) is 0 Å². The first kappa shape index (κ1) is 15.7. The SMILES string of the molecule is CC(O)CCN(C)S(=O)(=O)c1cc(Cl)ccc1Cl. The third kappa shape index (κ3) is 3.83. The van der Waals surface area contributed by atoms with Gasteiger partial charge in [-0.25, -0.2) is 12.7 Å². The fraction of sp³-hybridized carbons (Fsp3) is 0.455. The van der Waals surface area contributed by atoms with Gasteiger partial charge < -0.3 is 5.11 Å². The Balaban J connectivity index is 3.02. The molecule has 1 aromatic carbocycles. The highest BCUT2D eigenvalue weighted by Crippen LogP contribution is 2.27. The number of sulfonamides is 1. The van der Waals surface area contributed by atoms with Crippen molar-refractivity contribution in [2.75, 3.05) is 13.6 Å². The second kappa shape index (κ2) is 6.21. The minimum atomic E-state index is -3.68. The highest BCUT2D eigenvalue weighted by molar-refractivity contribution is 7.89. The van der Waals surface area contributed by atoms with Crippen molar-refractivity contribution in [2.24, 2.45) is 0 Å². The summed E-state index contributed by atoms with van der Waals surface area (Å²) < 4.78 is 25.6. The first-order chi connectivity index (χ1) is 8.25. The van der Waals surface area contributed by atoms with Crippen molar-refractivity contribution in [2.45, 2.75) is 24.3 Å². The molecule has 0 aliphatic rings. The number of benzene rings is 1. The molecule has 0 saturated heterocycles. The van der Waals surface area contributed by atoms with Crippen molar-refractivity contribution >= 4 is 33.2 Å². The Labute approximate surface area is 117 Å². The lowest BCUT2D eigenvalue weighted by Crippen LogP contribution is -2.29. The van der Waals surface area contributed by atoms with Gasteiger partial charge in [-0.05, 0) is 31.5 Å². The van der Waals surface area contributed by atoms with Crippen LogP contribution in [0.1, 0.15) is 13.3 Å². The van der Waals surface area contributed by atoms with Crippen LogP contribution < -0.4 is 0 Å².